The third kappa shape index (κ3) is 5.14. The first-order valence-corrected chi connectivity index (χ1v) is 9.54. The Hall–Kier alpha value is -1.21. The molecule has 1 aromatic carbocycles. The van der Waals surface area contributed by atoms with Gasteiger partial charge in [0.2, 0.25) is 10.0 Å². The first-order valence-electron chi connectivity index (χ1n) is 8.10. The van der Waals surface area contributed by atoms with Crippen molar-refractivity contribution in [3.05, 3.63) is 43.0 Å². The van der Waals surface area contributed by atoms with Gasteiger partial charge < -0.3 is 5.11 Å². The highest BCUT2D eigenvalue weighted by Crippen LogP contribution is 2.17. The number of aliphatic hydroxyl groups is 1. The maximum Gasteiger partial charge on any atom is 0.243 e. The molecule has 0 saturated carbocycles. The summed E-state index contributed by atoms with van der Waals surface area (Å²) in [4.78, 5) is 2.49. The summed E-state index contributed by atoms with van der Waals surface area (Å²) < 4.78 is 26.9. The highest BCUT2D eigenvalue weighted by molar-refractivity contribution is 7.89. The summed E-state index contributed by atoms with van der Waals surface area (Å²) in [6, 6.07) is 8.57. The van der Waals surface area contributed by atoms with Crippen molar-refractivity contribution in [3.8, 4) is 0 Å². The van der Waals surface area contributed by atoms with E-state index in [1.54, 1.807) is 34.6 Å². The number of allylic oxidation sites excluding steroid dienone is 1. The molecule has 128 valence electrons. The second-order valence-corrected chi connectivity index (χ2v) is 7.83. The minimum atomic E-state index is -3.42. The van der Waals surface area contributed by atoms with E-state index in [9.17, 15) is 13.5 Å². The Morgan fingerprint density at radius 2 is 1.91 bits per heavy atom. The molecular weight excluding hydrogens is 312 g/mol. The molecule has 2 rings (SSSR count). The van der Waals surface area contributed by atoms with Crippen molar-refractivity contribution in [1.29, 1.82) is 0 Å². The molecule has 0 amide bonds. The van der Waals surface area contributed by atoms with Gasteiger partial charge in [-0.3, -0.25) is 4.90 Å². The molecule has 1 aliphatic rings. The predicted octanol–water partition coefficient (Wildman–Crippen LogP) is 1.71. The van der Waals surface area contributed by atoms with E-state index in [-0.39, 0.29) is 6.10 Å². The van der Waals surface area contributed by atoms with E-state index in [0.29, 0.717) is 37.5 Å². The van der Waals surface area contributed by atoms with Crippen LogP contribution in [0.2, 0.25) is 0 Å². The van der Waals surface area contributed by atoms with Gasteiger partial charge in [0.25, 0.3) is 0 Å². The lowest BCUT2D eigenvalue weighted by Crippen LogP contribution is -2.37. The van der Waals surface area contributed by atoms with Crippen LogP contribution in [0.4, 0.5) is 0 Å². The zero-order valence-corrected chi connectivity index (χ0v) is 14.3. The first-order chi connectivity index (χ1) is 11.0. The van der Waals surface area contributed by atoms with Crippen molar-refractivity contribution in [2.75, 3.05) is 32.7 Å². The van der Waals surface area contributed by atoms with Crippen molar-refractivity contribution in [3.63, 3.8) is 0 Å². The molecule has 1 heterocycles. The molecule has 0 aliphatic carbocycles. The maximum absolute atomic E-state index is 12.7. The zero-order valence-electron chi connectivity index (χ0n) is 13.5. The van der Waals surface area contributed by atoms with Crippen molar-refractivity contribution in [1.82, 2.24) is 9.21 Å². The van der Waals surface area contributed by atoms with Crippen LogP contribution >= 0.6 is 0 Å². The van der Waals surface area contributed by atoms with E-state index in [2.05, 4.69) is 11.5 Å². The standard InChI is InChI=1S/C17H26N2O3S/c1-2-3-8-16(20)15-18-11-7-12-19(14-13-18)23(21,22)17-9-5-4-6-10-17/h2,4-6,9-10,16,20H,1,3,7-8,11-15H2. The van der Waals surface area contributed by atoms with Gasteiger partial charge in [0.05, 0.1) is 11.0 Å². The zero-order chi connectivity index (χ0) is 16.7. The molecule has 23 heavy (non-hydrogen) atoms. The molecule has 1 saturated heterocycles. The van der Waals surface area contributed by atoms with Crippen LogP contribution in [0.15, 0.2) is 47.9 Å². The van der Waals surface area contributed by atoms with Gasteiger partial charge in [0.15, 0.2) is 0 Å². The highest BCUT2D eigenvalue weighted by atomic mass is 32.2. The highest BCUT2D eigenvalue weighted by Gasteiger charge is 2.27. The Bertz CT molecular complexity index is 589. The Labute approximate surface area is 139 Å². The van der Waals surface area contributed by atoms with Gasteiger partial charge in [-0.15, -0.1) is 6.58 Å². The number of nitrogens with zero attached hydrogens (tertiary/aromatic N) is 2. The summed E-state index contributed by atoms with van der Waals surface area (Å²) >= 11 is 0. The number of rotatable bonds is 7. The van der Waals surface area contributed by atoms with E-state index in [4.69, 9.17) is 0 Å². The number of aliphatic hydroxyl groups excluding tert-OH is 1. The molecule has 1 fully saturated rings. The summed E-state index contributed by atoms with van der Waals surface area (Å²) in [5.41, 5.74) is 0. The topological polar surface area (TPSA) is 60.9 Å². The third-order valence-electron chi connectivity index (χ3n) is 4.10. The lowest BCUT2D eigenvalue weighted by Gasteiger charge is -2.23. The largest absolute Gasteiger partial charge is 0.392 e. The molecule has 0 aromatic heterocycles. The van der Waals surface area contributed by atoms with Crippen molar-refractivity contribution >= 4 is 10.0 Å². The van der Waals surface area contributed by atoms with Gasteiger partial charge in [-0.05, 0) is 37.9 Å². The fraction of sp³-hybridized carbons (Fsp3) is 0.529. The molecule has 1 unspecified atom stereocenters. The Kier molecular flexibility index (Phi) is 6.77. The van der Waals surface area contributed by atoms with Crippen molar-refractivity contribution in [2.45, 2.75) is 30.3 Å². The van der Waals surface area contributed by atoms with E-state index in [1.807, 2.05) is 6.07 Å². The lowest BCUT2D eigenvalue weighted by atomic mass is 10.2. The number of benzene rings is 1. The van der Waals surface area contributed by atoms with Crippen LogP contribution < -0.4 is 0 Å². The van der Waals surface area contributed by atoms with Gasteiger partial charge in [-0.2, -0.15) is 4.31 Å². The molecule has 1 atom stereocenters. The minimum absolute atomic E-state index is 0.347. The van der Waals surface area contributed by atoms with Gasteiger partial charge >= 0.3 is 0 Å². The summed E-state index contributed by atoms with van der Waals surface area (Å²) in [5.74, 6) is 0. The van der Waals surface area contributed by atoms with Gasteiger partial charge in [-0.25, -0.2) is 8.42 Å². The number of hydrogen-bond acceptors (Lipinski definition) is 4. The van der Waals surface area contributed by atoms with Crippen LogP contribution in [-0.4, -0.2) is 61.6 Å². The fourth-order valence-electron chi connectivity index (χ4n) is 2.81. The normalized spacial score (nSPS) is 19.2. The minimum Gasteiger partial charge on any atom is -0.392 e. The molecule has 5 nitrogen and oxygen atoms in total. The van der Waals surface area contributed by atoms with Crippen LogP contribution in [0.25, 0.3) is 0 Å². The molecule has 6 heteroatoms. The average Bonchev–Trinajstić information content (AvgIpc) is 2.80. The van der Waals surface area contributed by atoms with E-state index < -0.39 is 10.0 Å². The predicted molar refractivity (Wildman–Crippen MR) is 91.7 cm³/mol. The van der Waals surface area contributed by atoms with E-state index >= 15 is 0 Å². The smallest absolute Gasteiger partial charge is 0.243 e. The second-order valence-electron chi connectivity index (χ2n) is 5.89. The van der Waals surface area contributed by atoms with Crippen LogP contribution in [0.3, 0.4) is 0 Å². The summed E-state index contributed by atoms with van der Waals surface area (Å²) in [5, 5.41) is 10.0. The lowest BCUT2D eigenvalue weighted by molar-refractivity contribution is 0.109. The Balaban J connectivity index is 1.94. The quantitative estimate of drug-likeness (QED) is 0.769. The van der Waals surface area contributed by atoms with E-state index in [0.717, 1.165) is 19.4 Å². The molecule has 0 bridgehead atoms. The van der Waals surface area contributed by atoms with Crippen LogP contribution in [0, 0.1) is 0 Å². The Morgan fingerprint density at radius 3 is 2.61 bits per heavy atom. The number of β-amino-alcohol motifs (C(OH)–C–C–N with tert-alkyl or cyclic N) is 1. The monoisotopic (exact) mass is 338 g/mol. The summed E-state index contributed by atoms with van der Waals surface area (Å²) in [6.07, 6.45) is 3.69. The number of sulfonamides is 1. The van der Waals surface area contributed by atoms with Crippen LogP contribution in [0.1, 0.15) is 19.3 Å². The molecule has 1 aromatic rings. The molecule has 0 radical (unpaired) electrons. The van der Waals surface area contributed by atoms with Gasteiger partial charge in [0.1, 0.15) is 0 Å². The maximum atomic E-state index is 12.7. The number of hydrogen-bond donors (Lipinski definition) is 1. The average molecular weight is 338 g/mol. The molecular formula is C17H26N2O3S. The van der Waals surface area contributed by atoms with Gasteiger partial charge in [-0.1, -0.05) is 24.3 Å². The molecule has 1 aliphatic heterocycles. The van der Waals surface area contributed by atoms with E-state index in [1.165, 1.54) is 0 Å². The van der Waals surface area contributed by atoms with Crippen molar-refractivity contribution in [2.24, 2.45) is 0 Å². The van der Waals surface area contributed by atoms with Crippen LogP contribution in [0.5, 0.6) is 0 Å². The Morgan fingerprint density at radius 1 is 1.17 bits per heavy atom. The molecule has 1 N–H and O–H groups in total. The summed E-state index contributed by atoms with van der Waals surface area (Å²) in [6.45, 7) is 6.70. The summed E-state index contributed by atoms with van der Waals surface area (Å²) in [7, 11) is -3.42. The fourth-order valence-corrected chi connectivity index (χ4v) is 4.30. The second kappa shape index (κ2) is 8.59. The van der Waals surface area contributed by atoms with Crippen LogP contribution in [-0.2, 0) is 10.0 Å². The first kappa shape index (κ1) is 18.1. The third-order valence-corrected chi connectivity index (χ3v) is 6.01. The SMILES string of the molecule is C=CCCC(O)CN1CCCN(S(=O)(=O)c2ccccc2)CC1. The van der Waals surface area contributed by atoms with Crippen molar-refractivity contribution < 1.29 is 13.5 Å². The molecule has 0 spiro atoms. The van der Waals surface area contributed by atoms with Gasteiger partial charge in [0, 0.05) is 26.2 Å².